The Morgan fingerprint density at radius 3 is 2.45 bits per heavy atom. The Bertz CT molecular complexity index is 1380. The molecule has 1 unspecified atom stereocenters. The predicted octanol–water partition coefficient (Wildman–Crippen LogP) is 6.10. The van der Waals surface area contributed by atoms with Gasteiger partial charge in [0.2, 0.25) is 0 Å². The zero-order chi connectivity index (χ0) is 26.8. The van der Waals surface area contributed by atoms with Crippen LogP contribution >= 0.6 is 23.2 Å². The van der Waals surface area contributed by atoms with Crippen molar-refractivity contribution >= 4 is 35.0 Å². The summed E-state index contributed by atoms with van der Waals surface area (Å²) in [6, 6.07) is 17.5. The molecule has 1 N–H and O–H groups in total. The molecule has 1 saturated heterocycles. The first-order valence-electron chi connectivity index (χ1n) is 12.3. The first-order valence-corrected chi connectivity index (χ1v) is 13.0. The summed E-state index contributed by atoms with van der Waals surface area (Å²) in [4.78, 5) is 29.7. The molecule has 9 heteroatoms. The maximum atomic E-state index is 14.2. The van der Waals surface area contributed by atoms with Gasteiger partial charge < -0.3 is 10.2 Å². The van der Waals surface area contributed by atoms with Crippen LogP contribution in [0.1, 0.15) is 38.7 Å². The number of rotatable bonds is 7. The fourth-order valence-corrected chi connectivity index (χ4v) is 5.47. The Hall–Kier alpha value is -3.26. The number of fused-ring (bicyclic) bond motifs is 1. The van der Waals surface area contributed by atoms with Crippen LogP contribution in [0.3, 0.4) is 0 Å². The number of likely N-dealkylation sites (tertiary alicyclic amines) is 1. The monoisotopic (exact) mass is 555 g/mol. The Balaban J connectivity index is 1.23. The van der Waals surface area contributed by atoms with Gasteiger partial charge in [-0.2, -0.15) is 0 Å². The molecule has 38 heavy (non-hydrogen) atoms. The highest BCUT2D eigenvalue weighted by Crippen LogP contribution is 2.32. The van der Waals surface area contributed by atoms with Gasteiger partial charge in [0.1, 0.15) is 11.6 Å². The van der Waals surface area contributed by atoms with Crippen LogP contribution in [0.15, 0.2) is 78.5 Å². The van der Waals surface area contributed by atoms with Crippen molar-refractivity contribution in [2.75, 3.05) is 26.2 Å². The number of carbonyl (C=O) groups is 2. The van der Waals surface area contributed by atoms with E-state index >= 15 is 0 Å². The van der Waals surface area contributed by atoms with Gasteiger partial charge in [-0.1, -0.05) is 59.6 Å². The van der Waals surface area contributed by atoms with Gasteiger partial charge in [-0.05, 0) is 47.9 Å². The SMILES string of the molecule is O=C(N[C@@H](CCN1CC2=CN(C(=O)c3c(F)cccc3Cl)CC2C1)c1ccccc1)c1ccc(F)c(Cl)c1. The van der Waals surface area contributed by atoms with Crippen LogP contribution in [0.5, 0.6) is 0 Å². The highest BCUT2D eigenvalue weighted by molar-refractivity contribution is 6.34. The Morgan fingerprint density at radius 1 is 0.947 bits per heavy atom. The summed E-state index contributed by atoms with van der Waals surface area (Å²) in [7, 11) is 0. The zero-order valence-electron chi connectivity index (χ0n) is 20.3. The Morgan fingerprint density at radius 2 is 1.74 bits per heavy atom. The standard InChI is InChI=1S/C29H25Cl2F2N3O2/c30-22-7-4-8-25(33)27(22)29(38)36-16-20-14-35(15-21(20)17-36)12-11-26(18-5-2-1-3-6-18)34-28(37)19-9-10-24(32)23(31)13-19/h1-10,13,16,21,26H,11-12,14-15,17H2,(H,34,37)/t21?,26-/m0/s1. The van der Waals surface area contributed by atoms with E-state index in [-0.39, 0.29) is 39.0 Å². The van der Waals surface area contributed by atoms with E-state index in [0.717, 1.165) is 17.7 Å². The molecule has 0 spiro atoms. The summed E-state index contributed by atoms with van der Waals surface area (Å²) >= 11 is 12.0. The molecule has 3 aromatic rings. The van der Waals surface area contributed by atoms with Crippen LogP contribution in [-0.2, 0) is 0 Å². The molecule has 2 aliphatic heterocycles. The number of halogens is 4. The van der Waals surface area contributed by atoms with Crippen molar-refractivity contribution in [3.8, 4) is 0 Å². The van der Waals surface area contributed by atoms with Crippen molar-refractivity contribution in [3.05, 3.63) is 117 Å². The molecule has 5 nitrogen and oxygen atoms in total. The van der Waals surface area contributed by atoms with Crippen LogP contribution in [0, 0.1) is 17.6 Å². The summed E-state index contributed by atoms with van der Waals surface area (Å²) in [6.07, 6.45) is 2.46. The lowest BCUT2D eigenvalue weighted by atomic mass is 10.0. The molecule has 1 fully saturated rings. The second-order valence-corrected chi connectivity index (χ2v) is 10.4. The van der Waals surface area contributed by atoms with Crippen molar-refractivity contribution in [2.24, 2.45) is 5.92 Å². The highest BCUT2D eigenvalue weighted by atomic mass is 35.5. The number of carbonyl (C=O) groups excluding carboxylic acids is 2. The van der Waals surface area contributed by atoms with E-state index in [1.165, 1.54) is 36.4 Å². The number of amides is 2. The van der Waals surface area contributed by atoms with E-state index in [2.05, 4.69) is 10.2 Å². The van der Waals surface area contributed by atoms with E-state index in [9.17, 15) is 18.4 Å². The molecule has 2 aliphatic rings. The molecule has 0 radical (unpaired) electrons. The van der Waals surface area contributed by atoms with E-state index in [4.69, 9.17) is 23.2 Å². The summed E-state index contributed by atoms with van der Waals surface area (Å²) in [5.74, 6) is -1.81. The van der Waals surface area contributed by atoms with Gasteiger partial charge in [0.05, 0.1) is 21.7 Å². The molecule has 2 atom stereocenters. The Labute approximate surface area is 229 Å². The normalized spacial score (nSPS) is 17.7. The molecule has 0 saturated carbocycles. The van der Waals surface area contributed by atoms with E-state index in [1.807, 2.05) is 36.5 Å². The van der Waals surface area contributed by atoms with Crippen LogP contribution < -0.4 is 5.32 Å². The molecule has 0 aliphatic carbocycles. The highest BCUT2D eigenvalue weighted by Gasteiger charge is 2.36. The minimum atomic E-state index is -0.628. The average molecular weight is 556 g/mol. The van der Waals surface area contributed by atoms with Gasteiger partial charge in [-0.25, -0.2) is 8.78 Å². The second kappa shape index (κ2) is 11.2. The van der Waals surface area contributed by atoms with Gasteiger partial charge in [0, 0.05) is 43.9 Å². The van der Waals surface area contributed by atoms with Crippen LogP contribution in [0.4, 0.5) is 8.78 Å². The van der Waals surface area contributed by atoms with Gasteiger partial charge in [0.25, 0.3) is 11.8 Å². The zero-order valence-corrected chi connectivity index (χ0v) is 21.9. The van der Waals surface area contributed by atoms with Crippen molar-refractivity contribution in [3.63, 3.8) is 0 Å². The predicted molar refractivity (Wildman–Crippen MR) is 143 cm³/mol. The van der Waals surface area contributed by atoms with Gasteiger partial charge >= 0.3 is 0 Å². The molecule has 2 amide bonds. The number of nitrogens with one attached hydrogen (secondary N) is 1. The smallest absolute Gasteiger partial charge is 0.262 e. The average Bonchev–Trinajstić information content (AvgIpc) is 3.47. The van der Waals surface area contributed by atoms with Crippen LogP contribution in [-0.4, -0.2) is 47.8 Å². The lowest BCUT2D eigenvalue weighted by Gasteiger charge is -2.24. The third-order valence-electron chi connectivity index (χ3n) is 7.01. The summed E-state index contributed by atoms with van der Waals surface area (Å²) in [5.41, 5.74) is 2.27. The van der Waals surface area contributed by atoms with Gasteiger partial charge in [-0.15, -0.1) is 0 Å². The summed E-state index contributed by atoms with van der Waals surface area (Å²) < 4.78 is 27.8. The van der Waals surface area contributed by atoms with E-state index < -0.39 is 17.5 Å². The molecule has 0 aromatic heterocycles. The van der Waals surface area contributed by atoms with Crippen molar-refractivity contribution in [1.82, 2.24) is 15.1 Å². The molecular formula is C29H25Cl2F2N3O2. The molecule has 5 rings (SSSR count). The van der Waals surface area contributed by atoms with Gasteiger partial charge in [0.15, 0.2) is 0 Å². The minimum Gasteiger partial charge on any atom is -0.345 e. The minimum absolute atomic E-state index is 0.101. The molecular weight excluding hydrogens is 531 g/mol. The fraction of sp³-hybridized carbons (Fsp3) is 0.241. The van der Waals surface area contributed by atoms with E-state index in [0.29, 0.717) is 26.1 Å². The van der Waals surface area contributed by atoms with Crippen LogP contribution in [0.2, 0.25) is 10.0 Å². The number of hydrogen-bond acceptors (Lipinski definition) is 3. The van der Waals surface area contributed by atoms with E-state index in [1.54, 1.807) is 4.90 Å². The molecule has 3 aromatic carbocycles. The molecule has 196 valence electrons. The first-order chi connectivity index (χ1) is 18.3. The summed E-state index contributed by atoms with van der Waals surface area (Å²) in [5, 5.41) is 3.06. The Kier molecular flexibility index (Phi) is 7.79. The molecule has 2 heterocycles. The number of hydrogen-bond donors (Lipinski definition) is 1. The topological polar surface area (TPSA) is 52.7 Å². The van der Waals surface area contributed by atoms with Gasteiger partial charge in [-0.3, -0.25) is 14.5 Å². The fourth-order valence-electron chi connectivity index (χ4n) is 5.05. The lowest BCUT2D eigenvalue weighted by Crippen LogP contribution is -2.33. The van der Waals surface area contributed by atoms with Crippen molar-refractivity contribution in [2.45, 2.75) is 12.5 Å². The largest absolute Gasteiger partial charge is 0.345 e. The van der Waals surface area contributed by atoms with Crippen molar-refractivity contribution < 1.29 is 18.4 Å². The number of nitrogens with zero attached hydrogens (tertiary/aromatic N) is 2. The third-order valence-corrected chi connectivity index (χ3v) is 7.61. The summed E-state index contributed by atoms with van der Waals surface area (Å²) in [6.45, 7) is 2.62. The van der Waals surface area contributed by atoms with Crippen molar-refractivity contribution in [1.29, 1.82) is 0 Å². The quantitative estimate of drug-likeness (QED) is 0.383. The number of benzene rings is 3. The van der Waals surface area contributed by atoms with Crippen LogP contribution in [0.25, 0.3) is 0 Å². The third kappa shape index (κ3) is 5.60. The maximum Gasteiger partial charge on any atom is 0.262 e. The molecule has 0 bridgehead atoms. The first kappa shape index (κ1) is 26.4. The maximum absolute atomic E-state index is 14.2. The lowest BCUT2D eigenvalue weighted by molar-refractivity contribution is 0.0816. The second-order valence-electron chi connectivity index (χ2n) is 9.54.